The van der Waals surface area contributed by atoms with Crippen molar-refractivity contribution in [3.63, 3.8) is 0 Å². The lowest BCUT2D eigenvalue weighted by atomic mass is 9.85. The molecule has 3 heteroatoms. The van der Waals surface area contributed by atoms with Crippen molar-refractivity contribution in [2.75, 3.05) is 0 Å². The zero-order valence-electron chi connectivity index (χ0n) is 8.51. The van der Waals surface area contributed by atoms with Crippen molar-refractivity contribution < 1.29 is 5.11 Å². The highest BCUT2D eigenvalue weighted by Gasteiger charge is 2.25. The predicted octanol–water partition coefficient (Wildman–Crippen LogP) is 4.02. The van der Waals surface area contributed by atoms with E-state index in [0.29, 0.717) is 5.02 Å². The Balaban J connectivity index is 3.12. The van der Waals surface area contributed by atoms with Gasteiger partial charge in [0.05, 0.1) is 6.10 Å². The molecule has 1 N–H and O–H groups in total. The molecule has 0 aliphatic rings. The fourth-order valence-electron chi connectivity index (χ4n) is 1.19. The Morgan fingerprint density at radius 1 is 1.36 bits per heavy atom. The summed E-state index contributed by atoms with van der Waals surface area (Å²) >= 11 is 8.11. The fraction of sp³-hybridized carbons (Fsp3) is 0.455. The van der Waals surface area contributed by atoms with Crippen molar-refractivity contribution in [2.24, 2.45) is 5.41 Å². The molecule has 0 amide bonds. The second-order valence-corrected chi connectivity index (χ2v) is 6.03. The van der Waals surface area contributed by atoms with Crippen LogP contribution >= 0.6 is 34.2 Å². The molecule has 1 aromatic rings. The lowest BCUT2D eigenvalue weighted by molar-refractivity contribution is 0.0620. The molecule has 1 unspecified atom stereocenters. The van der Waals surface area contributed by atoms with Crippen LogP contribution in [0.15, 0.2) is 18.2 Å². The van der Waals surface area contributed by atoms with Gasteiger partial charge >= 0.3 is 0 Å². The molecule has 78 valence electrons. The van der Waals surface area contributed by atoms with Gasteiger partial charge in [-0.3, -0.25) is 0 Å². The first-order chi connectivity index (χ1) is 6.32. The van der Waals surface area contributed by atoms with E-state index in [2.05, 4.69) is 22.6 Å². The maximum absolute atomic E-state index is 10.1. The number of benzene rings is 1. The summed E-state index contributed by atoms with van der Waals surface area (Å²) in [5, 5.41) is 10.8. The summed E-state index contributed by atoms with van der Waals surface area (Å²) in [6.45, 7) is 6.03. The lowest BCUT2D eigenvalue weighted by Crippen LogP contribution is -2.18. The van der Waals surface area contributed by atoms with Crippen molar-refractivity contribution in [3.05, 3.63) is 32.4 Å². The molecule has 0 saturated heterocycles. The van der Waals surface area contributed by atoms with E-state index in [1.54, 1.807) is 0 Å². The smallest absolute Gasteiger partial charge is 0.0849 e. The maximum Gasteiger partial charge on any atom is 0.0849 e. The summed E-state index contributed by atoms with van der Waals surface area (Å²) in [4.78, 5) is 0. The van der Waals surface area contributed by atoms with E-state index in [1.165, 1.54) is 0 Å². The second kappa shape index (κ2) is 4.37. The summed E-state index contributed by atoms with van der Waals surface area (Å²) < 4.78 is 1.05. The number of halogens is 2. The van der Waals surface area contributed by atoms with Crippen LogP contribution in [0.3, 0.4) is 0 Å². The average Bonchev–Trinajstić information content (AvgIpc) is 2.06. The van der Waals surface area contributed by atoms with Crippen LogP contribution in [0, 0.1) is 8.99 Å². The molecule has 1 aromatic carbocycles. The van der Waals surface area contributed by atoms with E-state index in [1.807, 2.05) is 39.0 Å². The number of hydrogen-bond donors (Lipinski definition) is 1. The summed E-state index contributed by atoms with van der Waals surface area (Å²) in [6.07, 6.45) is -0.479. The van der Waals surface area contributed by atoms with Gasteiger partial charge in [0, 0.05) is 8.59 Å². The minimum atomic E-state index is -0.479. The quantitative estimate of drug-likeness (QED) is 0.774. The molecule has 0 radical (unpaired) electrons. The van der Waals surface area contributed by atoms with Gasteiger partial charge in [-0.2, -0.15) is 0 Å². The molecule has 0 aromatic heterocycles. The summed E-state index contributed by atoms with van der Waals surface area (Å²) in [6, 6.07) is 5.59. The number of rotatable bonds is 1. The van der Waals surface area contributed by atoms with Gasteiger partial charge in [-0.25, -0.2) is 0 Å². The molecule has 14 heavy (non-hydrogen) atoms. The van der Waals surface area contributed by atoms with Crippen molar-refractivity contribution >= 4 is 34.2 Å². The van der Waals surface area contributed by atoms with Crippen molar-refractivity contribution in [1.82, 2.24) is 0 Å². The van der Waals surface area contributed by atoms with E-state index in [-0.39, 0.29) is 5.41 Å². The zero-order valence-corrected chi connectivity index (χ0v) is 11.4. The van der Waals surface area contributed by atoms with E-state index in [9.17, 15) is 5.11 Å². The third-order valence-corrected chi connectivity index (χ3v) is 3.29. The van der Waals surface area contributed by atoms with Crippen LogP contribution in [0.1, 0.15) is 32.4 Å². The van der Waals surface area contributed by atoms with E-state index in [4.69, 9.17) is 11.6 Å². The molecule has 1 atom stereocenters. The lowest BCUT2D eigenvalue weighted by Gasteiger charge is -2.27. The Hall–Kier alpha value is 0.200. The van der Waals surface area contributed by atoms with Crippen LogP contribution in [0.4, 0.5) is 0 Å². The second-order valence-electron chi connectivity index (χ2n) is 4.43. The first-order valence-electron chi connectivity index (χ1n) is 4.45. The average molecular weight is 325 g/mol. The Bertz CT molecular complexity index is 331. The van der Waals surface area contributed by atoms with E-state index >= 15 is 0 Å². The van der Waals surface area contributed by atoms with Gasteiger partial charge < -0.3 is 5.11 Å². The van der Waals surface area contributed by atoms with E-state index in [0.717, 1.165) is 9.13 Å². The molecule has 1 rings (SSSR count). The Morgan fingerprint density at radius 3 is 2.43 bits per heavy atom. The molecular weight excluding hydrogens is 310 g/mol. The number of hydrogen-bond acceptors (Lipinski definition) is 1. The first kappa shape index (κ1) is 12.3. The first-order valence-corrected chi connectivity index (χ1v) is 5.91. The monoisotopic (exact) mass is 324 g/mol. The third-order valence-electron chi connectivity index (χ3n) is 2.07. The summed E-state index contributed by atoms with van der Waals surface area (Å²) in [5.41, 5.74) is 0.746. The van der Waals surface area contributed by atoms with Crippen molar-refractivity contribution in [3.8, 4) is 0 Å². The van der Waals surface area contributed by atoms with Gasteiger partial charge in [-0.05, 0) is 51.8 Å². The highest BCUT2D eigenvalue weighted by Crippen LogP contribution is 2.35. The van der Waals surface area contributed by atoms with Crippen LogP contribution in [0.25, 0.3) is 0 Å². The Kier molecular flexibility index (Phi) is 3.83. The normalized spacial score (nSPS) is 14.1. The third kappa shape index (κ3) is 2.84. The van der Waals surface area contributed by atoms with Crippen LogP contribution in [0.2, 0.25) is 5.02 Å². The van der Waals surface area contributed by atoms with Crippen LogP contribution in [-0.2, 0) is 0 Å². The minimum Gasteiger partial charge on any atom is -0.388 e. The van der Waals surface area contributed by atoms with Gasteiger partial charge in [-0.1, -0.05) is 32.4 Å². The van der Waals surface area contributed by atoms with Gasteiger partial charge in [-0.15, -0.1) is 0 Å². The topological polar surface area (TPSA) is 20.2 Å². The van der Waals surface area contributed by atoms with Gasteiger partial charge in [0.25, 0.3) is 0 Å². The largest absolute Gasteiger partial charge is 0.388 e. The Labute approximate surface area is 104 Å². The van der Waals surface area contributed by atoms with E-state index < -0.39 is 6.10 Å². The Morgan fingerprint density at radius 2 is 1.93 bits per heavy atom. The van der Waals surface area contributed by atoms with Gasteiger partial charge in [0.2, 0.25) is 0 Å². The van der Waals surface area contributed by atoms with Crippen LogP contribution in [-0.4, -0.2) is 5.11 Å². The molecule has 0 fully saturated rings. The zero-order chi connectivity index (χ0) is 10.9. The fourth-order valence-corrected chi connectivity index (χ4v) is 2.00. The van der Waals surface area contributed by atoms with Gasteiger partial charge in [0.15, 0.2) is 0 Å². The molecule has 0 spiro atoms. The summed E-state index contributed by atoms with van der Waals surface area (Å²) in [7, 11) is 0. The minimum absolute atomic E-state index is 0.162. The van der Waals surface area contributed by atoms with Crippen molar-refractivity contribution in [2.45, 2.75) is 26.9 Å². The predicted molar refractivity (Wildman–Crippen MR) is 68.6 cm³/mol. The van der Waals surface area contributed by atoms with Crippen molar-refractivity contribution in [1.29, 1.82) is 0 Å². The van der Waals surface area contributed by atoms with Crippen LogP contribution < -0.4 is 0 Å². The molecule has 0 aliphatic heterocycles. The molecule has 1 nitrogen and oxygen atoms in total. The molecule has 0 saturated carbocycles. The number of aliphatic hydroxyl groups is 1. The maximum atomic E-state index is 10.1. The molecule has 0 aliphatic carbocycles. The molecule has 0 heterocycles. The molecule has 0 bridgehead atoms. The molecular formula is C11H14ClIO. The van der Waals surface area contributed by atoms with Crippen LogP contribution in [0.5, 0.6) is 0 Å². The standard InChI is InChI=1S/C11H14ClIO/c1-11(2,3)10(14)8-6-7(12)4-5-9(8)13/h4-6,10,14H,1-3H3. The summed E-state index contributed by atoms with van der Waals surface area (Å²) in [5.74, 6) is 0. The highest BCUT2D eigenvalue weighted by atomic mass is 127. The SMILES string of the molecule is CC(C)(C)C(O)c1cc(Cl)ccc1I. The van der Waals surface area contributed by atoms with Gasteiger partial charge in [0.1, 0.15) is 0 Å². The highest BCUT2D eigenvalue weighted by molar-refractivity contribution is 14.1. The number of aliphatic hydroxyl groups excluding tert-OH is 1.